The van der Waals surface area contributed by atoms with Gasteiger partial charge < -0.3 is 9.52 Å². The molecule has 0 amide bonds. The summed E-state index contributed by atoms with van der Waals surface area (Å²) in [7, 11) is 0. The topological polar surface area (TPSA) is 63.3 Å². The minimum absolute atomic E-state index is 0.111. The Morgan fingerprint density at radius 3 is 2.73 bits per heavy atom. The van der Waals surface area contributed by atoms with Gasteiger partial charge in [-0.25, -0.2) is 4.98 Å². The molecule has 5 heteroatoms. The molecule has 15 heavy (non-hydrogen) atoms. The third-order valence-corrected chi connectivity index (χ3v) is 3.64. The first-order valence-electron chi connectivity index (χ1n) is 4.75. The standard InChI is InChI=1S/C10H15NO3S/c1-6(2)9(10(12)13)15-4-8-7(3)14-5-11-8/h5-6,9H,4H2,1-3H3,(H,12,13). The number of thioether (sulfide) groups is 1. The van der Waals surface area contributed by atoms with Crippen LogP contribution in [-0.2, 0) is 10.5 Å². The number of oxazole rings is 1. The lowest BCUT2D eigenvalue weighted by atomic mass is 10.1. The Morgan fingerprint density at radius 1 is 1.67 bits per heavy atom. The van der Waals surface area contributed by atoms with E-state index in [0.29, 0.717) is 5.75 Å². The van der Waals surface area contributed by atoms with E-state index in [0.717, 1.165) is 11.5 Å². The van der Waals surface area contributed by atoms with Crippen molar-refractivity contribution in [3.05, 3.63) is 17.8 Å². The van der Waals surface area contributed by atoms with Crippen molar-refractivity contribution in [1.29, 1.82) is 0 Å². The molecule has 1 aromatic heterocycles. The van der Waals surface area contributed by atoms with Gasteiger partial charge in [-0.1, -0.05) is 13.8 Å². The molecule has 1 heterocycles. The van der Waals surface area contributed by atoms with Gasteiger partial charge in [0.05, 0.1) is 5.69 Å². The van der Waals surface area contributed by atoms with Gasteiger partial charge in [0.2, 0.25) is 0 Å². The molecule has 0 fully saturated rings. The van der Waals surface area contributed by atoms with Gasteiger partial charge in [-0.3, -0.25) is 4.79 Å². The van der Waals surface area contributed by atoms with E-state index in [4.69, 9.17) is 9.52 Å². The number of hydrogen-bond donors (Lipinski definition) is 1. The summed E-state index contributed by atoms with van der Waals surface area (Å²) in [6, 6.07) is 0. The van der Waals surface area contributed by atoms with E-state index >= 15 is 0 Å². The highest BCUT2D eigenvalue weighted by Crippen LogP contribution is 2.24. The van der Waals surface area contributed by atoms with Gasteiger partial charge in [-0.15, -0.1) is 11.8 Å². The van der Waals surface area contributed by atoms with Crippen LogP contribution in [0.25, 0.3) is 0 Å². The van der Waals surface area contributed by atoms with Crippen molar-refractivity contribution in [2.45, 2.75) is 31.8 Å². The highest BCUT2D eigenvalue weighted by Gasteiger charge is 2.22. The van der Waals surface area contributed by atoms with E-state index in [9.17, 15) is 4.79 Å². The average molecular weight is 229 g/mol. The maximum atomic E-state index is 10.9. The molecule has 1 N–H and O–H groups in total. The number of nitrogens with zero attached hydrogens (tertiary/aromatic N) is 1. The summed E-state index contributed by atoms with van der Waals surface area (Å²) in [6.45, 7) is 5.64. The Morgan fingerprint density at radius 2 is 2.33 bits per heavy atom. The second-order valence-corrected chi connectivity index (χ2v) is 4.80. The first kappa shape index (κ1) is 12.1. The number of hydrogen-bond acceptors (Lipinski definition) is 4. The Balaban J connectivity index is 2.55. The zero-order valence-corrected chi connectivity index (χ0v) is 9.87. The summed E-state index contributed by atoms with van der Waals surface area (Å²) in [5.41, 5.74) is 0.826. The molecule has 4 nitrogen and oxygen atoms in total. The molecule has 1 atom stereocenters. The van der Waals surface area contributed by atoms with Crippen molar-refractivity contribution in [3.8, 4) is 0 Å². The summed E-state index contributed by atoms with van der Waals surface area (Å²) in [5, 5.41) is 8.59. The monoisotopic (exact) mass is 229 g/mol. The van der Waals surface area contributed by atoms with Crippen LogP contribution >= 0.6 is 11.8 Å². The molecule has 0 bridgehead atoms. The van der Waals surface area contributed by atoms with Crippen molar-refractivity contribution in [3.63, 3.8) is 0 Å². The minimum Gasteiger partial charge on any atom is -0.480 e. The maximum absolute atomic E-state index is 10.9. The molecule has 0 aliphatic rings. The summed E-state index contributed by atoms with van der Waals surface area (Å²) < 4.78 is 5.05. The third kappa shape index (κ3) is 3.27. The van der Waals surface area contributed by atoms with Crippen molar-refractivity contribution in [1.82, 2.24) is 4.98 Å². The van der Waals surface area contributed by atoms with E-state index in [-0.39, 0.29) is 11.2 Å². The Bertz CT molecular complexity index is 335. The molecule has 84 valence electrons. The predicted octanol–water partition coefficient (Wildman–Crippen LogP) is 2.33. The van der Waals surface area contributed by atoms with Crippen molar-refractivity contribution in [2.75, 3.05) is 0 Å². The van der Waals surface area contributed by atoms with Crippen molar-refractivity contribution >= 4 is 17.7 Å². The van der Waals surface area contributed by atoms with Gasteiger partial charge >= 0.3 is 5.97 Å². The largest absolute Gasteiger partial charge is 0.480 e. The summed E-state index contributed by atoms with van der Waals surface area (Å²) >= 11 is 1.39. The lowest BCUT2D eigenvalue weighted by Gasteiger charge is -2.14. The van der Waals surface area contributed by atoms with E-state index in [1.807, 2.05) is 20.8 Å². The normalized spacial score (nSPS) is 13.1. The van der Waals surface area contributed by atoms with E-state index in [1.165, 1.54) is 18.2 Å². The molecule has 1 unspecified atom stereocenters. The summed E-state index contributed by atoms with van der Waals surface area (Å²) in [4.78, 5) is 14.9. The number of aliphatic carboxylic acids is 1. The first-order chi connectivity index (χ1) is 7.02. The van der Waals surface area contributed by atoms with Gasteiger partial charge in [0.1, 0.15) is 11.0 Å². The second-order valence-electron chi connectivity index (χ2n) is 3.67. The number of rotatable bonds is 5. The number of aromatic nitrogens is 1. The fraction of sp³-hybridized carbons (Fsp3) is 0.600. The summed E-state index contributed by atoms with van der Waals surface area (Å²) in [6.07, 6.45) is 1.39. The molecule has 1 rings (SSSR count). The molecule has 0 aliphatic carbocycles. The maximum Gasteiger partial charge on any atom is 0.316 e. The smallest absolute Gasteiger partial charge is 0.316 e. The Hall–Kier alpha value is -0.970. The Labute approximate surface area is 93.1 Å². The number of carboxylic acids is 1. The number of carbonyl (C=O) groups is 1. The van der Waals surface area contributed by atoms with Gasteiger partial charge in [-0.2, -0.15) is 0 Å². The van der Waals surface area contributed by atoms with Gasteiger partial charge in [0, 0.05) is 5.75 Å². The second kappa shape index (κ2) is 5.21. The van der Waals surface area contributed by atoms with Gasteiger partial charge in [-0.05, 0) is 12.8 Å². The number of aryl methyl sites for hydroxylation is 1. The zero-order chi connectivity index (χ0) is 11.4. The van der Waals surface area contributed by atoms with Crippen LogP contribution in [0.4, 0.5) is 0 Å². The van der Waals surface area contributed by atoms with E-state index in [2.05, 4.69) is 4.98 Å². The van der Waals surface area contributed by atoms with Gasteiger partial charge in [0.25, 0.3) is 0 Å². The van der Waals surface area contributed by atoms with Gasteiger partial charge in [0.15, 0.2) is 6.39 Å². The minimum atomic E-state index is -0.767. The van der Waals surface area contributed by atoms with Crippen LogP contribution in [-0.4, -0.2) is 21.3 Å². The number of carboxylic acid groups (broad SMARTS) is 1. The van der Waals surface area contributed by atoms with Crippen LogP contribution in [0.3, 0.4) is 0 Å². The zero-order valence-electron chi connectivity index (χ0n) is 9.06. The molecule has 0 saturated heterocycles. The fourth-order valence-electron chi connectivity index (χ4n) is 1.18. The predicted molar refractivity (Wildman–Crippen MR) is 58.8 cm³/mol. The Kier molecular flexibility index (Phi) is 4.20. The quantitative estimate of drug-likeness (QED) is 0.839. The highest BCUT2D eigenvalue weighted by atomic mass is 32.2. The molecule has 0 spiro atoms. The lowest BCUT2D eigenvalue weighted by Crippen LogP contribution is -2.22. The molecule has 0 saturated carbocycles. The first-order valence-corrected chi connectivity index (χ1v) is 5.80. The van der Waals surface area contributed by atoms with Crippen LogP contribution in [0.1, 0.15) is 25.3 Å². The van der Waals surface area contributed by atoms with E-state index in [1.54, 1.807) is 0 Å². The molecular formula is C10H15NO3S. The van der Waals surface area contributed by atoms with Crippen LogP contribution in [0.2, 0.25) is 0 Å². The average Bonchev–Trinajstić information content (AvgIpc) is 2.51. The molecule has 1 aromatic rings. The van der Waals surface area contributed by atoms with Crippen LogP contribution in [0.5, 0.6) is 0 Å². The van der Waals surface area contributed by atoms with Crippen molar-refractivity contribution in [2.24, 2.45) is 5.92 Å². The third-order valence-electron chi connectivity index (χ3n) is 2.09. The van der Waals surface area contributed by atoms with Crippen LogP contribution in [0, 0.1) is 12.8 Å². The lowest BCUT2D eigenvalue weighted by molar-refractivity contribution is -0.137. The molecule has 0 aromatic carbocycles. The SMILES string of the molecule is Cc1ocnc1CSC(C(=O)O)C(C)C. The van der Waals surface area contributed by atoms with Crippen molar-refractivity contribution < 1.29 is 14.3 Å². The molecule has 0 radical (unpaired) electrons. The van der Waals surface area contributed by atoms with Crippen LogP contribution in [0.15, 0.2) is 10.8 Å². The molecular weight excluding hydrogens is 214 g/mol. The van der Waals surface area contributed by atoms with E-state index < -0.39 is 5.97 Å². The molecule has 0 aliphatic heterocycles. The highest BCUT2D eigenvalue weighted by molar-refractivity contribution is 7.99. The fourth-order valence-corrected chi connectivity index (χ4v) is 2.33. The van der Waals surface area contributed by atoms with Crippen LogP contribution < -0.4 is 0 Å². The summed E-state index contributed by atoms with van der Waals surface area (Å²) in [5.74, 6) is 0.684.